The van der Waals surface area contributed by atoms with E-state index in [1.54, 1.807) is 24.1 Å². The summed E-state index contributed by atoms with van der Waals surface area (Å²) in [5, 5.41) is 2.92. The monoisotopic (exact) mass is 395 g/mol. The summed E-state index contributed by atoms with van der Waals surface area (Å²) in [7, 11) is 1.56. The SMILES string of the molecule is COc1cc(C)c(C(C)=O)cc1NC(=O)N1CCN(c2cc(C)cc(C)c2)CC1. The summed E-state index contributed by atoms with van der Waals surface area (Å²) >= 11 is 0. The van der Waals surface area contributed by atoms with E-state index in [-0.39, 0.29) is 11.8 Å². The molecule has 0 radical (unpaired) electrons. The highest BCUT2D eigenvalue weighted by molar-refractivity contribution is 5.99. The maximum atomic E-state index is 12.8. The number of rotatable bonds is 4. The molecule has 3 rings (SSSR count). The van der Waals surface area contributed by atoms with Gasteiger partial charge in [0.25, 0.3) is 0 Å². The van der Waals surface area contributed by atoms with Gasteiger partial charge in [-0.3, -0.25) is 4.79 Å². The van der Waals surface area contributed by atoms with E-state index in [0.29, 0.717) is 30.1 Å². The van der Waals surface area contributed by atoms with Crippen molar-refractivity contribution in [3.63, 3.8) is 0 Å². The van der Waals surface area contributed by atoms with E-state index >= 15 is 0 Å². The van der Waals surface area contributed by atoms with Crippen molar-refractivity contribution in [2.75, 3.05) is 43.5 Å². The van der Waals surface area contributed by atoms with Gasteiger partial charge < -0.3 is 19.9 Å². The molecule has 1 heterocycles. The van der Waals surface area contributed by atoms with Gasteiger partial charge in [-0.25, -0.2) is 4.79 Å². The van der Waals surface area contributed by atoms with Crippen molar-refractivity contribution in [3.8, 4) is 5.75 Å². The van der Waals surface area contributed by atoms with Crippen LogP contribution in [0.15, 0.2) is 30.3 Å². The molecule has 0 saturated carbocycles. The number of hydrogen-bond acceptors (Lipinski definition) is 4. The van der Waals surface area contributed by atoms with E-state index in [1.807, 2.05) is 6.92 Å². The molecule has 1 fully saturated rings. The van der Waals surface area contributed by atoms with Gasteiger partial charge >= 0.3 is 6.03 Å². The highest BCUT2D eigenvalue weighted by atomic mass is 16.5. The van der Waals surface area contributed by atoms with E-state index in [1.165, 1.54) is 23.7 Å². The van der Waals surface area contributed by atoms with Crippen LogP contribution in [0.2, 0.25) is 0 Å². The molecule has 1 aliphatic rings. The molecule has 0 aromatic heterocycles. The quantitative estimate of drug-likeness (QED) is 0.789. The largest absolute Gasteiger partial charge is 0.495 e. The number of benzene rings is 2. The zero-order valence-corrected chi connectivity index (χ0v) is 17.8. The zero-order valence-electron chi connectivity index (χ0n) is 17.8. The van der Waals surface area contributed by atoms with Crippen LogP contribution in [0, 0.1) is 20.8 Å². The predicted molar refractivity (Wildman–Crippen MR) is 116 cm³/mol. The molecular weight excluding hydrogens is 366 g/mol. The third kappa shape index (κ3) is 4.70. The number of anilines is 2. The van der Waals surface area contributed by atoms with E-state index < -0.39 is 0 Å². The maximum Gasteiger partial charge on any atom is 0.322 e. The average Bonchev–Trinajstić information content (AvgIpc) is 2.68. The second-order valence-electron chi connectivity index (χ2n) is 7.67. The van der Waals surface area contributed by atoms with Crippen LogP contribution in [0.5, 0.6) is 5.75 Å². The summed E-state index contributed by atoms with van der Waals surface area (Å²) < 4.78 is 5.39. The summed E-state index contributed by atoms with van der Waals surface area (Å²) in [6.45, 7) is 10.4. The first-order valence-corrected chi connectivity index (χ1v) is 9.87. The first-order chi connectivity index (χ1) is 13.8. The second kappa shape index (κ2) is 8.55. The summed E-state index contributed by atoms with van der Waals surface area (Å²) in [6, 6.07) is 9.83. The Labute approximate surface area is 172 Å². The first-order valence-electron chi connectivity index (χ1n) is 9.87. The molecule has 2 aromatic carbocycles. The van der Waals surface area contributed by atoms with Crippen LogP contribution in [-0.2, 0) is 0 Å². The van der Waals surface area contributed by atoms with Gasteiger partial charge in [-0.2, -0.15) is 0 Å². The summed E-state index contributed by atoms with van der Waals surface area (Å²) in [5.41, 5.74) is 5.62. The smallest absolute Gasteiger partial charge is 0.322 e. The van der Waals surface area contributed by atoms with Crippen LogP contribution < -0.4 is 15.0 Å². The minimum atomic E-state index is -0.179. The second-order valence-corrected chi connectivity index (χ2v) is 7.67. The van der Waals surface area contributed by atoms with Gasteiger partial charge in [0.15, 0.2) is 5.78 Å². The number of Topliss-reactive ketones (excluding diaryl/α,β-unsaturated/α-hetero) is 1. The number of carbonyl (C=O) groups excluding carboxylic acids is 2. The molecule has 1 aliphatic heterocycles. The number of ketones is 1. The van der Waals surface area contributed by atoms with Gasteiger partial charge in [0, 0.05) is 37.4 Å². The van der Waals surface area contributed by atoms with E-state index in [4.69, 9.17) is 4.74 Å². The van der Waals surface area contributed by atoms with Crippen LogP contribution >= 0.6 is 0 Å². The molecule has 0 bridgehead atoms. The van der Waals surface area contributed by atoms with Crippen LogP contribution in [0.4, 0.5) is 16.2 Å². The Morgan fingerprint density at radius 3 is 2.10 bits per heavy atom. The number of piperazine rings is 1. The number of aryl methyl sites for hydroxylation is 3. The molecular formula is C23H29N3O3. The Balaban J connectivity index is 1.68. The molecule has 2 amide bonds. The van der Waals surface area contributed by atoms with Crippen molar-refractivity contribution >= 4 is 23.2 Å². The number of amides is 2. The van der Waals surface area contributed by atoms with Crippen molar-refractivity contribution < 1.29 is 14.3 Å². The molecule has 2 aromatic rings. The van der Waals surface area contributed by atoms with Crippen molar-refractivity contribution in [1.29, 1.82) is 0 Å². The van der Waals surface area contributed by atoms with E-state index in [0.717, 1.165) is 18.7 Å². The normalized spacial score (nSPS) is 14.0. The van der Waals surface area contributed by atoms with Crippen LogP contribution in [0.1, 0.15) is 34.0 Å². The fourth-order valence-electron chi connectivity index (χ4n) is 3.82. The number of hydrogen-bond donors (Lipinski definition) is 1. The highest BCUT2D eigenvalue weighted by Crippen LogP contribution is 2.29. The van der Waals surface area contributed by atoms with Gasteiger partial charge in [-0.15, -0.1) is 0 Å². The topological polar surface area (TPSA) is 61.9 Å². The van der Waals surface area contributed by atoms with Crippen molar-refractivity contribution in [2.45, 2.75) is 27.7 Å². The Morgan fingerprint density at radius 2 is 1.55 bits per heavy atom. The molecule has 6 nitrogen and oxygen atoms in total. The summed E-state index contributed by atoms with van der Waals surface area (Å²) in [4.78, 5) is 28.8. The number of ether oxygens (including phenoxy) is 1. The van der Waals surface area contributed by atoms with Gasteiger partial charge in [0.05, 0.1) is 12.8 Å². The third-order valence-corrected chi connectivity index (χ3v) is 5.31. The van der Waals surface area contributed by atoms with Crippen LogP contribution in [-0.4, -0.2) is 50.0 Å². The predicted octanol–water partition coefficient (Wildman–Crippen LogP) is 4.18. The van der Waals surface area contributed by atoms with Crippen molar-refractivity contribution in [1.82, 2.24) is 4.90 Å². The van der Waals surface area contributed by atoms with Crippen molar-refractivity contribution in [2.24, 2.45) is 0 Å². The number of carbonyl (C=O) groups is 2. The molecule has 1 N–H and O–H groups in total. The highest BCUT2D eigenvalue weighted by Gasteiger charge is 2.23. The number of urea groups is 1. The minimum absolute atomic E-state index is 0.0392. The van der Waals surface area contributed by atoms with E-state index in [2.05, 4.69) is 42.3 Å². The number of methoxy groups -OCH3 is 1. The van der Waals surface area contributed by atoms with Gasteiger partial charge in [-0.1, -0.05) is 6.07 Å². The first kappa shape index (κ1) is 20.7. The summed E-state index contributed by atoms with van der Waals surface area (Å²) in [6.07, 6.45) is 0. The summed E-state index contributed by atoms with van der Waals surface area (Å²) in [5.74, 6) is 0.512. The molecule has 0 spiro atoms. The lowest BCUT2D eigenvalue weighted by Gasteiger charge is -2.36. The average molecular weight is 396 g/mol. The fraction of sp³-hybridized carbons (Fsp3) is 0.391. The van der Waals surface area contributed by atoms with E-state index in [9.17, 15) is 9.59 Å². The van der Waals surface area contributed by atoms with Crippen LogP contribution in [0.25, 0.3) is 0 Å². The minimum Gasteiger partial charge on any atom is -0.495 e. The van der Waals surface area contributed by atoms with Gasteiger partial charge in [-0.05, 0) is 68.7 Å². The third-order valence-electron chi connectivity index (χ3n) is 5.31. The van der Waals surface area contributed by atoms with Gasteiger partial charge in [0.1, 0.15) is 5.75 Å². The standard InChI is InChI=1S/C23H29N3O3/c1-15-10-16(2)12-19(11-15)25-6-8-26(9-7-25)23(28)24-21-14-20(18(4)27)17(3)13-22(21)29-5/h10-14H,6-9H2,1-5H3,(H,24,28). The fourth-order valence-corrected chi connectivity index (χ4v) is 3.82. The molecule has 29 heavy (non-hydrogen) atoms. The molecule has 154 valence electrons. The molecule has 6 heteroatoms. The zero-order chi connectivity index (χ0) is 21.1. The number of nitrogens with one attached hydrogen (secondary N) is 1. The Morgan fingerprint density at radius 1 is 0.931 bits per heavy atom. The lowest BCUT2D eigenvalue weighted by Crippen LogP contribution is -2.50. The van der Waals surface area contributed by atoms with Crippen molar-refractivity contribution in [3.05, 3.63) is 52.6 Å². The maximum absolute atomic E-state index is 12.8. The van der Waals surface area contributed by atoms with Gasteiger partial charge in [0.2, 0.25) is 0 Å². The lowest BCUT2D eigenvalue weighted by molar-refractivity contribution is 0.101. The molecule has 0 aliphatic carbocycles. The Kier molecular flexibility index (Phi) is 6.11. The molecule has 1 saturated heterocycles. The molecule has 0 atom stereocenters. The Bertz CT molecular complexity index is 911. The lowest BCUT2D eigenvalue weighted by atomic mass is 10.0. The Hall–Kier alpha value is -3.02. The molecule has 0 unspecified atom stereocenters. The van der Waals surface area contributed by atoms with Crippen LogP contribution in [0.3, 0.4) is 0 Å². The number of nitrogens with zero attached hydrogens (tertiary/aromatic N) is 2.